The zero-order valence-electron chi connectivity index (χ0n) is 13.8. The molecule has 1 atom stereocenters. The van der Waals surface area contributed by atoms with E-state index in [1.54, 1.807) is 6.07 Å². The van der Waals surface area contributed by atoms with Crippen molar-refractivity contribution in [2.45, 2.75) is 12.3 Å². The Morgan fingerprint density at radius 1 is 1.25 bits per heavy atom. The number of carboxylic acids is 1. The molecule has 0 saturated carbocycles. The van der Waals surface area contributed by atoms with Crippen LogP contribution in [-0.2, 0) is 4.79 Å². The number of hydrogen-bond donors (Lipinski definition) is 1. The van der Waals surface area contributed by atoms with Crippen LogP contribution in [0, 0.1) is 0 Å². The van der Waals surface area contributed by atoms with Gasteiger partial charge in [0.1, 0.15) is 0 Å². The Morgan fingerprint density at radius 3 is 2.58 bits per heavy atom. The molecule has 1 aromatic carbocycles. The van der Waals surface area contributed by atoms with E-state index in [1.165, 1.54) is 6.08 Å². The molecule has 4 nitrogen and oxygen atoms in total. The lowest BCUT2D eigenvalue weighted by atomic mass is 9.91. The molecule has 0 aliphatic heterocycles. The van der Waals surface area contributed by atoms with Gasteiger partial charge in [-0.05, 0) is 63.0 Å². The van der Waals surface area contributed by atoms with E-state index in [0.29, 0.717) is 10.7 Å². The first-order valence-electron chi connectivity index (χ1n) is 7.74. The number of aliphatic carboxylic acids is 1. The number of benzene rings is 1. The van der Waals surface area contributed by atoms with Crippen molar-refractivity contribution in [3.8, 4) is 0 Å². The molecule has 1 unspecified atom stereocenters. The molecule has 24 heavy (non-hydrogen) atoms. The lowest BCUT2D eigenvalue weighted by Crippen LogP contribution is -2.17. The fraction of sp³-hybridized carbons (Fsp3) is 0.263. The summed E-state index contributed by atoms with van der Waals surface area (Å²) in [6.45, 7) is 0.921. The first-order chi connectivity index (χ1) is 11.5. The molecule has 2 aromatic rings. The zero-order valence-corrected chi connectivity index (χ0v) is 14.6. The van der Waals surface area contributed by atoms with E-state index in [4.69, 9.17) is 16.7 Å². The summed E-state index contributed by atoms with van der Waals surface area (Å²) in [5, 5.41) is 9.47. The van der Waals surface area contributed by atoms with Gasteiger partial charge in [0, 0.05) is 22.7 Å². The van der Waals surface area contributed by atoms with Gasteiger partial charge in [-0.15, -0.1) is 0 Å². The van der Waals surface area contributed by atoms with E-state index in [2.05, 4.69) is 9.88 Å². The number of nitrogens with zero attached hydrogens (tertiary/aromatic N) is 2. The van der Waals surface area contributed by atoms with Crippen molar-refractivity contribution in [2.24, 2.45) is 0 Å². The van der Waals surface area contributed by atoms with Gasteiger partial charge >= 0.3 is 5.97 Å². The number of rotatable bonds is 7. The number of carbonyl (C=O) groups is 1. The zero-order chi connectivity index (χ0) is 17.5. The average Bonchev–Trinajstić information content (AvgIpc) is 2.55. The maximum absolute atomic E-state index is 10.7. The molecular weight excluding hydrogens is 324 g/mol. The minimum atomic E-state index is -0.982. The van der Waals surface area contributed by atoms with E-state index in [9.17, 15) is 4.79 Å². The van der Waals surface area contributed by atoms with Crippen LogP contribution >= 0.6 is 11.6 Å². The van der Waals surface area contributed by atoms with Crippen LogP contribution in [0.1, 0.15) is 29.3 Å². The standard InChI is InChI=1S/C19H21ClN2O2/c1-22(2)13-12-17(14-6-8-15(20)9-7-14)18-5-3-4-16(21-18)10-11-19(23)24/h3-11,17H,12-13H2,1-2H3,(H,23,24)/b11-10+. The molecule has 0 radical (unpaired) electrons. The van der Waals surface area contributed by atoms with Crippen molar-refractivity contribution in [3.63, 3.8) is 0 Å². The molecule has 0 aliphatic carbocycles. The van der Waals surface area contributed by atoms with Crippen LogP contribution < -0.4 is 0 Å². The van der Waals surface area contributed by atoms with Gasteiger partial charge in [-0.3, -0.25) is 4.98 Å². The molecule has 0 aliphatic rings. The Morgan fingerprint density at radius 2 is 1.96 bits per heavy atom. The van der Waals surface area contributed by atoms with Crippen molar-refractivity contribution in [2.75, 3.05) is 20.6 Å². The third-order valence-electron chi connectivity index (χ3n) is 3.68. The second kappa shape index (κ2) is 8.62. The van der Waals surface area contributed by atoms with Gasteiger partial charge in [-0.1, -0.05) is 29.8 Å². The maximum atomic E-state index is 10.7. The van der Waals surface area contributed by atoms with Gasteiger partial charge in [-0.25, -0.2) is 4.79 Å². The Balaban J connectivity index is 2.33. The Kier molecular flexibility index (Phi) is 6.53. The molecule has 0 amide bonds. The monoisotopic (exact) mass is 344 g/mol. The highest BCUT2D eigenvalue weighted by atomic mass is 35.5. The van der Waals surface area contributed by atoms with Gasteiger partial charge in [0.05, 0.1) is 5.69 Å². The second-order valence-corrected chi connectivity index (χ2v) is 6.29. The summed E-state index contributed by atoms with van der Waals surface area (Å²) in [6, 6.07) is 13.5. The maximum Gasteiger partial charge on any atom is 0.328 e. The number of carboxylic acid groups (broad SMARTS) is 1. The molecule has 5 heteroatoms. The van der Waals surface area contributed by atoms with Crippen molar-refractivity contribution < 1.29 is 9.90 Å². The molecular formula is C19H21ClN2O2. The lowest BCUT2D eigenvalue weighted by molar-refractivity contribution is -0.131. The largest absolute Gasteiger partial charge is 0.478 e. The van der Waals surface area contributed by atoms with E-state index in [0.717, 1.165) is 30.3 Å². The molecule has 1 heterocycles. The minimum absolute atomic E-state index is 0.128. The molecule has 0 bridgehead atoms. The van der Waals surface area contributed by atoms with E-state index in [1.807, 2.05) is 50.5 Å². The van der Waals surface area contributed by atoms with Crippen LogP contribution in [0.2, 0.25) is 5.02 Å². The van der Waals surface area contributed by atoms with Gasteiger partial charge in [-0.2, -0.15) is 0 Å². The predicted molar refractivity (Wildman–Crippen MR) is 97.4 cm³/mol. The number of pyridine rings is 1. The van der Waals surface area contributed by atoms with Crippen LogP contribution in [0.5, 0.6) is 0 Å². The van der Waals surface area contributed by atoms with Crippen molar-refractivity contribution >= 4 is 23.6 Å². The number of aromatic nitrogens is 1. The van der Waals surface area contributed by atoms with Gasteiger partial charge in [0.15, 0.2) is 0 Å². The highest BCUT2D eigenvalue weighted by Crippen LogP contribution is 2.28. The third kappa shape index (κ3) is 5.48. The Bertz CT molecular complexity index is 712. The average molecular weight is 345 g/mol. The van der Waals surface area contributed by atoms with Crippen molar-refractivity contribution in [1.82, 2.24) is 9.88 Å². The summed E-state index contributed by atoms with van der Waals surface area (Å²) in [6.07, 6.45) is 3.52. The van der Waals surface area contributed by atoms with Crippen LogP contribution in [0.3, 0.4) is 0 Å². The van der Waals surface area contributed by atoms with Crippen LogP contribution in [0.25, 0.3) is 6.08 Å². The van der Waals surface area contributed by atoms with Gasteiger partial charge in [0.2, 0.25) is 0 Å². The van der Waals surface area contributed by atoms with Crippen LogP contribution in [0.4, 0.5) is 0 Å². The molecule has 1 aromatic heterocycles. The number of hydrogen-bond acceptors (Lipinski definition) is 3. The quantitative estimate of drug-likeness (QED) is 0.773. The molecule has 0 fully saturated rings. The van der Waals surface area contributed by atoms with Gasteiger partial charge in [0.25, 0.3) is 0 Å². The highest BCUT2D eigenvalue weighted by Gasteiger charge is 2.16. The van der Waals surface area contributed by atoms with Crippen molar-refractivity contribution in [3.05, 3.63) is 70.5 Å². The van der Waals surface area contributed by atoms with Crippen molar-refractivity contribution in [1.29, 1.82) is 0 Å². The van der Waals surface area contributed by atoms with Crippen LogP contribution in [0.15, 0.2) is 48.5 Å². The summed E-state index contributed by atoms with van der Waals surface area (Å²) in [7, 11) is 4.08. The Labute approximate surface area is 147 Å². The first-order valence-corrected chi connectivity index (χ1v) is 8.11. The van der Waals surface area contributed by atoms with E-state index >= 15 is 0 Å². The van der Waals surface area contributed by atoms with Crippen LogP contribution in [-0.4, -0.2) is 41.6 Å². The Hall–Kier alpha value is -2.17. The second-order valence-electron chi connectivity index (χ2n) is 5.85. The molecule has 0 saturated heterocycles. The summed E-state index contributed by atoms with van der Waals surface area (Å²) < 4.78 is 0. The topological polar surface area (TPSA) is 53.4 Å². The summed E-state index contributed by atoms with van der Waals surface area (Å²) >= 11 is 6.00. The van der Waals surface area contributed by atoms with E-state index in [-0.39, 0.29) is 5.92 Å². The SMILES string of the molecule is CN(C)CCC(c1ccc(Cl)cc1)c1cccc(/C=C/C(=O)O)n1. The smallest absolute Gasteiger partial charge is 0.328 e. The lowest BCUT2D eigenvalue weighted by Gasteiger charge is -2.20. The fourth-order valence-electron chi connectivity index (χ4n) is 2.48. The third-order valence-corrected chi connectivity index (χ3v) is 3.94. The summed E-state index contributed by atoms with van der Waals surface area (Å²) in [5.41, 5.74) is 2.71. The summed E-state index contributed by atoms with van der Waals surface area (Å²) in [5.74, 6) is -0.855. The molecule has 126 valence electrons. The molecule has 2 rings (SSSR count). The predicted octanol–water partition coefficient (Wildman–Crippen LogP) is 3.92. The normalized spacial score (nSPS) is 12.7. The molecule has 0 spiro atoms. The first kappa shape index (κ1) is 18.2. The number of halogens is 1. The van der Waals surface area contributed by atoms with E-state index < -0.39 is 5.97 Å². The van der Waals surface area contributed by atoms with Gasteiger partial charge < -0.3 is 10.0 Å². The molecule has 1 N–H and O–H groups in total. The summed E-state index contributed by atoms with van der Waals surface area (Å²) in [4.78, 5) is 17.4. The highest BCUT2D eigenvalue weighted by molar-refractivity contribution is 6.30. The fourth-order valence-corrected chi connectivity index (χ4v) is 2.61. The minimum Gasteiger partial charge on any atom is -0.478 e.